The molecule has 32 heavy (non-hydrogen) atoms. The first kappa shape index (κ1) is 24.8. The van der Waals surface area contributed by atoms with Crippen molar-refractivity contribution in [3.8, 4) is 0 Å². The Morgan fingerprint density at radius 3 is 2.28 bits per heavy atom. The third-order valence-electron chi connectivity index (χ3n) is 12.0. The predicted octanol–water partition coefficient (Wildman–Crippen LogP) is 8.95. The molecule has 1 unspecified atom stereocenters. The molecule has 3 fully saturated rings. The summed E-state index contributed by atoms with van der Waals surface area (Å²) in [5.41, 5.74) is 4.90. The smallest absolute Gasteiger partial charge is 0.0599 e. The molecule has 0 radical (unpaired) electrons. The fourth-order valence-corrected chi connectivity index (χ4v) is 10.2. The van der Waals surface area contributed by atoms with Crippen LogP contribution in [0.2, 0.25) is 0 Å². The fraction of sp³-hybridized carbons (Fsp3) is 0.935. The Bertz CT molecular complexity index is 699. The summed E-state index contributed by atoms with van der Waals surface area (Å²) in [7, 11) is 0. The average Bonchev–Trinajstić information content (AvgIpc) is 3.11. The van der Waals surface area contributed by atoms with Gasteiger partial charge in [0.05, 0.1) is 6.10 Å². The SMILES string of the molecule is CCC1(CC)C2CCC3=C4CC[C@H]([C@H](C)CCCC(C)C)[C@@]4(C)CC[C@@H]3[C@@]2(C)CC[C@H]1O. The van der Waals surface area contributed by atoms with Gasteiger partial charge in [0.25, 0.3) is 0 Å². The van der Waals surface area contributed by atoms with Crippen LogP contribution in [0.1, 0.15) is 132 Å². The van der Waals surface area contributed by atoms with Gasteiger partial charge < -0.3 is 5.11 Å². The van der Waals surface area contributed by atoms with E-state index in [2.05, 4.69) is 48.5 Å². The minimum absolute atomic E-state index is 0.0822. The number of hydrogen-bond acceptors (Lipinski definition) is 1. The van der Waals surface area contributed by atoms with Crippen LogP contribution in [0.25, 0.3) is 0 Å². The molecule has 184 valence electrons. The van der Waals surface area contributed by atoms with Crippen molar-refractivity contribution in [1.82, 2.24) is 0 Å². The maximum absolute atomic E-state index is 11.1. The van der Waals surface area contributed by atoms with Crippen molar-refractivity contribution in [2.45, 2.75) is 138 Å². The van der Waals surface area contributed by atoms with Crippen molar-refractivity contribution in [3.05, 3.63) is 11.1 Å². The Morgan fingerprint density at radius 1 is 0.906 bits per heavy atom. The topological polar surface area (TPSA) is 20.2 Å². The van der Waals surface area contributed by atoms with Gasteiger partial charge in [0.2, 0.25) is 0 Å². The van der Waals surface area contributed by atoms with E-state index in [1.165, 1.54) is 64.2 Å². The molecule has 0 aromatic carbocycles. The highest BCUT2D eigenvalue weighted by molar-refractivity contribution is 5.35. The standard InChI is InChI=1S/C31H54O/c1-8-31(9-2)27-16-13-23-25-15-14-24(22(5)12-10-11-21(3)4)29(25,6)19-17-26(23)30(27,7)20-18-28(31)32/h21-22,24,26-28,32H,8-20H2,1-7H3/t22-,24-,26+,27?,28-,29-,30-/m1/s1. The van der Waals surface area contributed by atoms with E-state index in [4.69, 9.17) is 0 Å². The molecule has 1 heteroatoms. The first-order valence-electron chi connectivity index (χ1n) is 14.5. The maximum atomic E-state index is 11.1. The van der Waals surface area contributed by atoms with Crippen molar-refractivity contribution in [2.24, 2.45) is 45.8 Å². The zero-order valence-electron chi connectivity index (χ0n) is 22.6. The lowest BCUT2D eigenvalue weighted by Crippen LogP contribution is -2.57. The third-order valence-corrected chi connectivity index (χ3v) is 12.0. The second-order valence-corrected chi connectivity index (χ2v) is 13.6. The summed E-state index contributed by atoms with van der Waals surface area (Å²) in [6, 6.07) is 0. The molecule has 4 aliphatic rings. The molecular weight excluding hydrogens is 388 g/mol. The van der Waals surface area contributed by atoms with Gasteiger partial charge in [0.1, 0.15) is 0 Å². The van der Waals surface area contributed by atoms with Gasteiger partial charge in [0.15, 0.2) is 0 Å². The zero-order valence-corrected chi connectivity index (χ0v) is 22.6. The Labute approximate surface area is 200 Å². The molecule has 0 aromatic heterocycles. The van der Waals surface area contributed by atoms with Crippen LogP contribution < -0.4 is 0 Å². The van der Waals surface area contributed by atoms with Crippen molar-refractivity contribution < 1.29 is 5.11 Å². The van der Waals surface area contributed by atoms with E-state index in [-0.39, 0.29) is 11.5 Å². The number of allylic oxidation sites excluding steroid dienone is 2. The highest BCUT2D eigenvalue weighted by Crippen LogP contribution is 2.69. The van der Waals surface area contributed by atoms with Gasteiger partial charge in [-0.05, 0) is 110 Å². The highest BCUT2D eigenvalue weighted by atomic mass is 16.3. The Balaban J connectivity index is 1.60. The van der Waals surface area contributed by atoms with Crippen LogP contribution in [0.15, 0.2) is 11.1 Å². The third kappa shape index (κ3) is 3.67. The van der Waals surface area contributed by atoms with Gasteiger partial charge in [-0.15, -0.1) is 0 Å². The number of fused-ring (bicyclic) bond motifs is 4. The van der Waals surface area contributed by atoms with Crippen LogP contribution in [0, 0.1) is 45.8 Å². The lowest BCUT2D eigenvalue weighted by Gasteiger charge is -2.63. The monoisotopic (exact) mass is 442 g/mol. The molecule has 7 atom stereocenters. The van der Waals surface area contributed by atoms with Gasteiger partial charge in [0, 0.05) is 0 Å². The van der Waals surface area contributed by atoms with Gasteiger partial charge in [-0.25, -0.2) is 0 Å². The highest BCUT2D eigenvalue weighted by Gasteiger charge is 2.61. The summed E-state index contributed by atoms with van der Waals surface area (Å²) in [5, 5.41) is 11.1. The lowest BCUT2D eigenvalue weighted by atomic mass is 9.42. The second kappa shape index (κ2) is 9.05. The van der Waals surface area contributed by atoms with E-state index in [9.17, 15) is 5.11 Å². The molecule has 1 N–H and O–H groups in total. The van der Waals surface area contributed by atoms with Gasteiger partial charge >= 0.3 is 0 Å². The molecule has 0 aliphatic heterocycles. The van der Waals surface area contributed by atoms with Crippen molar-refractivity contribution in [2.75, 3.05) is 0 Å². The van der Waals surface area contributed by atoms with Crippen molar-refractivity contribution >= 4 is 0 Å². The number of hydrogen-bond donors (Lipinski definition) is 1. The molecule has 0 heterocycles. The Morgan fingerprint density at radius 2 is 1.62 bits per heavy atom. The average molecular weight is 443 g/mol. The maximum Gasteiger partial charge on any atom is 0.0599 e. The summed E-state index contributed by atoms with van der Waals surface area (Å²) < 4.78 is 0. The van der Waals surface area contributed by atoms with E-state index in [1.807, 2.05) is 11.1 Å². The Hall–Kier alpha value is -0.300. The predicted molar refractivity (Wildman–Crippen MR) is 138 cm³/mol. The summed E-state index contributed by atoms with van der Waals surface area (Å²) in [4.78, 5) is 0. The molecule has 1 nitrogen and oxygen atoms in total. The molecule has 0 spiro atoms. The molecule has 0 amide bonds. The molecular formula is C31H54O. The van der Waals surface area contributed by atoms with Crippen LogP contribution in [0.5, 0.6) is 0 Å². The van der Waals surface area contributed by atoms with Gasteiger partial charge in [-0.2, -0.15) is 0 Å². The molecule has 0 saturated heterocycles. The van der Waals surface area contributed by atoms with E-state index in [0.717, 1.165) is 42.9 Å². The van der Waals surface area contributed by atoms with Crippen molar-refractivity contribution in [1.29, 1.82) is 0 Å². The van der Waals surface area contributed by atoms with E-state index in [1.54, 1.807) is 0 Å². The molecule has 4 rings (SSSR count). The van der Waals surface area contributed by atoms with E-state index in [0.29, 0.717) is 16.7 Å². The number of aliphatic hydroxyl groups excluding tert-OH is 1. The van der Waals surface area contributed by atoms with E-state index < -0.39 is 0 Å². The molecule has 3 saturated carbocycles. The fourth-order valence-electron chi connectivity index (χ4n) is 10.2. The summed E-state index contributed by atoms with van der Waals surface area (Å²) >= 11 is 0. The molecule has 4 aliphatic carbocycles. The zero-order chi connectivity index (χ0) is 23.3. The lowest BCUT2D eigenvalue weighted by molar-refractivity contribution is -0.149. The summed E-state index contributed by atoms with van der Waals surface area (Å²) in [6.45, 7) is 17.4. The molecule has 0 bridgehead atoms. The van der Waals surface area contributed by atoms with Crippen LogP contribution in [0.3, 0.4) is 0 Å². The second-order valence-electron chi connectivity index (χ2n) is 13.6. The van der Waals surface area contributed by atoms with Crippen LogP contribution in [0.4, 0.5) is 0 Å². The van der Waals surface area contributed by atoms with Crippen LogP contribution in [-0.2, 0) is 0 Å². The van der Waals surface area contributed by atoms with E-state index >= 15 is 0 Å². The molecule has 0 aromatic rings. The van der Waals surface area contributed by atoms with Gasteiger partial charge in [-0.3, -0.25) is 0 Å². The van der Waals surface area contributed by atoms with Gasteiger partial charge in [-0.1, -0.05) is 78.9 Å². The Kier molecular flexibility index (Phi) is 7.02. The number of aliphatic hydroxyl groups is 1. The minimum Gasteiger partial charge on any atom is -0.393 e. The summed E-state index contributed by atoms with van der Waals surface area (Å²) in [6.07, 6.45) is 17.1. The summed E-state index contributed by atoms with van der Waals surface area (Å²) in [5.74, 6) is 4.13. The largest absolute Gasteiger partial charge is 0.393 e. The first-order valence-corrected chi connectivity index (χ1v) is 14.5. The first-order chi connectivity index (χ1) is 15.1. The normalized spacial score (nSPS) is 41.9. The van der Waals surface area contributed by atoms with Crippen LogP contribution in [-0.4, -0.2) is 11.2 Å². The number of rotatable bonds is 7. The van der Waals surface area contributed by atoms with Crippen LogP contribution >= 0.6 is 0 Å². The quantitative estimate of drug-likeness (QED) is 0.390. The minimum atomic E-state index is -0.0822. The van der Waals surface area contributed by atoms with Crippen molar-refractivity contribution in [3.63, 3.8) is 0 Å².